The molecule has 0 radical (unpaired) electrons. The number of hydrogen-bond donors (Lipinski definition) is 1. The van der Waals surface area contributed by atoms with Gasteiger partial charge in [-0.3, -0.25) is 4.90 Å². The number of anilines is 1. The van der Waals surface area contributed by atoms with Gasteiger partial charge in [0, 0.05) is 51.1 Å². The fourth-order valence-electron chi connectivity index (χ4n) is 5.44. The van der Waals surface area contributed by atoms with Gasteiger partial charge in [0.15, 0.2) is 23.0 Å². The van der Waals surface area contributed by atoms with E-state index < -0.39 is 11.6 Å². The molecule has 2 aromatic rings. The van der Waals surface area contributed by atoms with Crippen LogP contribution in [0.4, 0.5) is 19.4 Å². The normalized spacial score (nSPS) is 24.6. The maximum atomic E-state index is 13.7. The lowest BCUT2D eigenvalue weighted by atomic mass is 9.84. The summed E-state index contributed by atoms with van der Waals surface area (Å²) in [6, 6.07) is 2.42. The highest BCUT2D eigenvalue weighted by atomic mass is 19.2. The number of aromatic nitrogens is 1. The SMILES string of the molecule is O=C(NC1CCC(CCN2CCN(c3noc4cc(F)c(F)cc34)CC2)CC1)OC1CCOCC1. The lowest BCUT2D eigenvalue weighted by Gasteiger charge is -2.36. The fourth-order valence-corrected chi connectivity index (χ4v) is 5.44. The third-order valence-corrected chi connectivity index (χ3v) is 7.63. The third kappa shape index (κ3) is 6.03. The number of fused-ring (bicyclic) bond motifs is 1. The summed E-state index contributed by atoms with van der Waals surface area (Å²) in [4.78, 5) is 16.7. The Balaban J connectivity index is 1.00. The summed E-state index contributed by atoms with van der Waals surface area (Å²) in [5, 5.41) is 7.63. The Bertz CT molecular complexity index is 997. The maximum Gasteiger partial charge on any atom is 0.407 e. The second-order valence-electron chi connectivity index (χ2n) is 9.97. The summed E-state index contributed by atoms with van der Waals surface area (Å²) in [7, 11) is 0. The van der Waals surface area contributed by atoms with Crippen LogP contribution in [0.15, 0.2) is 16.7 Å². The number of carbonyl (C=O) groups is 1. The molecule has 3 heterocycles. The number of ether oxygens (including phenoxy) is 2. The first-order valence-corrected chi connectivity index (χ1v) is 12.8. The Hall–Kier alpha value is -2.46. The number of nitrogens with zero attached hydrogens (tertiary/aromatic N) is 3. The second kappa shape index (κ2) is 11.1. The molecular formula is C25H34F2N4O4. The molecule has 3 aliphatic rings. The van der Waals surface area contributed by atoms with Crippen molar-refractivity contribution in [1.29, 1.82) is 0 Å². The summed E-state index contributed by atoms with van der Waals surface area (Å²) < 4.78 is 43.2. The molecule has 0 spiro atoms. The molecule has 0 atom stereocenters. The van der Waals surface area contributed by atoms with Crippen LogP contribution in [0.5, 0.6) is 0 Å². The van der Waals surface area contributed by atoms with Gasteiger partial charge in [-0.05, 0) is 50.6 Å². The number of halogens is 2. The van der Waals surface area contributed by atoms with Gasteiger partial charge in [-0.2, -0.15) is 0 Å². The largest absolute Gasteiger partial charge is 0.446 e. The van der Waals surface area contributed by atoms with Crippen molar-refractivity contribution in [3.63, 3.8) is 0 Å². The van der Waals surface area contributed by atoms with Gasteiger partial charge >= 0.3 is 6.09 Å². The van der Waals surface area contributed by atoms with E-state index in [9.17, 15) is 13.6 Å². The Morgan fingerprint density at radius 3 is 2.49 bits per heavy atom. The van der Waals surface area contributed by atoms with Crippen molar-refractivity contribution in [3.8, 4) is 0 Å². The van der Waals surface area contributed by atoms with Crippen molar-refractivity contribution in [2.45, 2.75) is 57.1 Å². The zero-order chi connectivity index (χ0) is 24.2. The van der Waals surface area contributed by atoms with Crippen LogP contribution in [0.2, 0.25) is 0 Å². The standard InChI is InChI=1S/C25H34F2N4O4/c26-21-15-20-23(16-22(21)27)35-29-24(20)31-11-9-30(10-12-31)8-5-17-1-3-18(4-2-17)28-25(32)34-19-6-13-33-14-7-19/h15-19H,1-14H2,(H,28,32). The third-order valence-electron chi connectivity index (χ3n) is 7.63. The van der Waals surface area contributed by atoms with Crippen LogP contribution in [-0.2, 0) is 9.47 Å². The Kier molecular flexibility index (Phi) is 7.67. The molecule has 0 unspecified atom stereocenters. The van der Waals surface area contributed by atoms with E-state index in [1.165, 1.54) is 6.07 Å². The summed E-state index contributed by atoms with van der Waals surface area (Å²) in [6.07, 6.45) is 6.64. The van der Waals surface area contributed by atoms with Crippen LogP contribution in [0, 0.1) is 17.6 Å². The van der Waals surface area contributed by atoms with Crippen LogP contribution in [-0.4, -0.2) is 74.2 Å². The molecule has 1 saturated carbocycles. The first-order valence-electron chi connectivity index (χ1n) is 12.8. The number of rotatable bonds is 6. The van der Waals surface area contributed by atoms with Gasteiger partial charge in [-0.15, -0.1) is 0 Å². The lowest BCUT2D eigenvalue weighted by Crippen LogP contribution is -2.47. The monoisotopic (exact) mass is 492 g/mol. The summed E-state index contributed by atoms with van der Waals surface area (Å²) in [5.41, 5.74) is 0.267. The molecule has 5 rings (SSSR count). The minimum Gasteiger partial charge on any atom is -0.446 e. The van der Waals surface area contributed by atoms with Crippen molar-refractivity contribution >= 4 is 22.9 Å². The molecule has 10 heteroatoms. The van der Waals surface area contributed by atoms with Gasteiger partial charge in [0.25, 0.3) is 0 Å². The van der Waals surface area contributed by atoms with Crippen LogP contribution in [0.1, 0.15) is 44.9 Å². The van der Waals surface area contributed by atoms with Crippen molar-refractivity contribution in [3.05, 3.63) is 23.8 Å². The van der Waals surface area contributed by atoms with Gasteiger partial charge < -0.3 is 24.2 Å². The molecular weight excluding hydrogens is 458 g/mol. The molecule has 1 amide bonds. The van der Waals surface area contributed by atoms with Crippen molar-refractivity contribution in [2.24, 2.45) is 5.92 Å². The van der Waals surface area contributed by atoms with Crippen LogP contribution in [0.3, 0.4) is 0 Å². The molecule has 35 heavy (non-hydrogen) atoms. The molecule has 0 bridgehead atoms. The highest BCUT2D eigenvalue weighted by molar-refractivity contribution is 5.88. The molecule has 3 fully saturated rings. The molecule has 1 aromatic carbocycles. The number of piperazine rings is 1. The number of benzene rings is 1. The maximum absolute atomic E-state index is 13.7. The minimum absolute atomic E-state index is 0.0206. The zero-order valence-electron chi connectivity index (χ0n) is 20.0. The van der Waals surface area contributed by atoms with E-state index in [1.807, 2.05) is 0 Å². The number of hydrogen-bond acceptors (Lipinski definition) is 7. The topological polar surface area (TPSA) is 80.1 Å². The summed E-state index contributed by atoms with van der Waals surface area (Å²) >= 11 is 0. The number of carbonyl (C=O) groups excluding carboxylic acids is 1. The van der Waals surface area contributed by atoms with Gasteiger partial charge in [-0.25, -0.2) is 13.6 Å². The first-order chi connectivity index (χ1) is 17.0. The summed E-state index contributed by atoms with van der Waals surface area (Å²) in [5.74, 6) is -0.554. The highest BCUT2D eigenvalue weighted by Gasteiger charge is 2.27. The van der Waals surface area contributed by atoms with Gasteiger partial charge in [-0.1, -0.05) is 5.16 Å². The predicted molar refractivity (Wildman–Crippen MR) is 126 cm³/mol. The molecule has 2 aliphatic heterocycles. The van der Waals surface area contributed by atoms with E-state index >= 15 is 0 Å². The van der Waals surface area contributed by atoms with Crippen LogP contribution < -0.4 is 10.2 Å². The van der Waals surface area contributed by atoms with Crippen molar-refractivity contribution in [2.75, 3.05) is 50.8 Å². The molecule has 192 valence electrons. The molecule has 1 aromatic heterocycles. The van der Waals surface area contributed by atoms with Crippen LogP contribution >= 0.6 is 0 Å². The Morgan fingerprint density at radius 2 is 1.74 bits per heavy atom. The molecule has 1 N–H and O–H groups in total. The molecule has 8 nitrogen and oxygen atoms in total. The number of amides is 1. The summed E-state index contributed by atoms with van der Waals surface area (Å²) in [6.45, 7) is 5.70. The lowest BCUT2D eigenvalue weighted by molar-refractivity contribution is 0.000273. The molecule has 1 aliphatic carbocycles. The van der Waals surface area contributed by atoms with E-state index in [2.05, 4.69) is 20.3 Å². The first kappa shape index (κ1) is 24.2. The molecule has 2 saturated heterocycles. The number of alkyl carbamates (subject to hydrolysis) is 1. The second-order valence-corrected chi connectivity index (χ2v) is 9.97. The smallest absolute Gasteiger partial charge is 0.407 e. The van der Waals surface area contributed by atoms with Crippen molar-refractivity contribution in [1.82, 2.24) is 15.4 Å². The van der Waals surface area contributed by atoms with E-state index in [1.54, 1.807) is 0 Å². The van der Waals surface area contributed by atoms with Crippen molar-refractivity contribution < 1.29 is 27.6 Å². The van der Waals surface area contributed by atoms with Gasteiger partial charge in [0.05, 0.1) is 18.6 Å². The van der Waals surface area contributed by atoms with Gasteiger partial charge in [0.2, 0.25) is 0 Å². The Labute approximate surface area is 203 Å². The zero-order valence-corrected chi connectivity index (χ0v) is 20.0. The number of nitrogens with one attached hydrogen (secondary N) is 1. The van der Waals surface area contributed by atoms with E-state index in [-0.39, 0.29) is 23.8 Å². The van der Waals surface area contributed by atoms with Gasteiger partial charge in [0.1, 0.15) is 6.10 Å². The van der Waals surface area contributed by atoms with E-state index in [0.717, 1.165) is 83.7 Å². The average molecular weight is 493 g/mol. The fraction of sp³-hybridized carbons (Fsp3) is 0.680. The highest BCUT2D eigenvalue weighted by Crippen LogP contribution is 2.30. The van der Waals surface area contributed by atoms with Crippen LogP contribution in [0.25, 0.3) is 11.0 Å². The Morgan fingerprint density at radius 1 is 1.03 bits per heavy atom. The predicted octanol–water partition coefficient (Wildman–Crippen LogP) is 4.08. The average Bonchev–Trinajstić information content (AvgIpc) is 3.27. The minimum atomic E-state index is -0.926. The van der Waals surface area contributed by atoms with E-state index in [4.69, 9.17) is 14.0 Å². The quantitative estimate of drug-likeness (QED) is 0.651. The van der Waals surface area contributed by atoms with E-state index in [0.29, 0.717) is 30.3 Å².